The van der Waals surface area contributed by atoms with Crippen molar-refractivity contribution in [3.05, 3.63) is 28.7 Å². The molecule has 0 aliphatic rings. The van der Waals surface area contributed by atoms with Crippen LogP contribution >= 0.6 is 22.9 Å². The van der Waals surface area contributed by atoms with Crippen LogP contribution in [-0.2, 0) is 0 Å². The highest BCUT2D eigenvalue weighted by Crippen LogP contribution is 2.17. The van der Waals surface area contributed by atoms with Crippen molar-refractivity contribution in [1.29, 1.82) is 0 Å². The van der Waals surface area contributed by atoms with Gasteiger partial charge in [-0.3, -0.25) is 0 Å². The molecule has 0 bridgehead atoms. The lowest BCUT2D eigenvalue weighted by atomic mass is 10.7. The fourth-order valence-corrected chi connectivity index (χ4v) is 4.10. The molecule has 0 amide bonds. The predicted molar refractivity (Wildman–Crippen MR) is 56.6 cm³/mol. The first-order chi connectivity index (χ1) is 5.06. The smallest absolute Gasteiger partial charge is 0.116 e. The third kappa shape index (κ3) is 1.95. The third-order valence-corrected chi connectivity index (χ3v) is 7.10. The van der Waals surface area contributed by atoms with Gasteiger partial charge in [-0.15, -0.1) is 17.9 Å². The molecule has 0 aromatic carbocycles. The molecule has 3 heteroatoms. The highest BCUT2D eigenvalue weighted by molar-refractivity contribution is 7.29. The molecule has 0 saturated carbocycles. The maximum atomic E-state index is 5.83. The van der Waals surface area contributed by atoms with Crippen LogP contribution in [0.25, 0.3) is 0 Å². The third-order valence-electron chi connectivity index (χ3n) is 1.72. The first-order valence-electron chi connectivity index (χ1n) is 3.45. The van der Waals surface area contributed by atoms with Crippen LogP contribution in [0, 0.1) is 0 Å². The van der Waals surface area contributed by atoms with Gasteiger partial charge in [0, 0.05) is 0 Å². The fraction of sp³-hybridized carbons (Fsp3) is 0.250. The molecule has 1 aromatic rings. The summed E-state index contributed by atoms with van der Waals surface area (Å²) in [7, 11) is -1.33. The molecule has 0 fully saturated rings. The zero-order valence-corrected chi connectivity index (χ0v) is 9.30. The van der Waals surface area contributed by atoms with Gasteiger partial charge in [0.2, 0.25) is 0 Å². The van der Waals surface area contributed by atoms with E-state index < -0.39 is 8.07 Å². The Balaban J connectivity index is 3.01. The second-order valence-corrected chi connectivity index (χ2v) is 9.50. The van der Waals surface area contributed by atoms with Gasteiger partial charge in [0.25, 0.3) is 0 Å². The molecular weight excluding hydrogens is 192 g/mol. The van der Waals surface area contributed by atoms with Crippen LogP contribution in [0.1, 0.15) is 0 Å². The van der Waals surface area contributed by atoms with Crippen molar-refractivity contribution in [2.24, 2.45) is 0 Å². The Morgan fingerprint density at radius 1 is 1.55 bits per heavy atom. The standard InChI is InChI=1S/C8H11ClSSi/c1-4-11(2,3)8-6-5-7(9)10-8/h4-6H,1H2,2-3H3. The highest BCUT2D eigenvalue weighted by atomic mass is 35.5. The van der Waals surface area contributed by atoms with E-state index in [1.54, 1.807) is 11.3 Å². The van der Waals surface area contributed by atoms with Crippen molar-refractivity contribution >= 4 is 35.5 Å². The molecule has 0 N–H and O–H groups in total. The zero-order chi connectivity index (χ0) is 8.48. The average Bonchev–Trinajstić information content (AvgIpc) is 2.36. The van der Waals surface area contributed by atoms with Crippen LogP contribution in [0.15, 0.2) is 24.4 Å². The van der Waals surface area contributed by atoms with Gasteiger partial charge in [-0.1, -0.05) is 36.5 Å². The molecule has 0 radical (unpaired) electrons. The topological polar surface area (TPSA) is 0 Å². The predicted octanol–water partition coefficient (Wildman–Crippen LogP) is 3.04. The lowest BCUT2D eigenvalue weighted by Gasteiger charge is -2.13. The summed E-state index contributed by atoms with van der Waals surface area (Å²) >= 11 is 7.51. The first-order valence-corrected chi connectivity index (χ1v) is 7.73. The Bertz CT molecular complexity index is 265. The summed E-state index contributed by atoms with van der Waals surface area (Å²) in [6, 6.07) is 4.07. The average molecular weight is 203 g/mol. The van der Waals surface area contributed by atoms with Crippen molar-refractivity contribution in [2.75, 3.05) is 0 Å². The largest absolute Gasteiger partial charge is 0.133 e. The van der Waals surface area contributed by atoms with E-state index in [2.05, 4.69) is 31.4 Å². The second-order valence-electron chi connectivity index (χ2n) is 3.03. The lowest BCUT2D eigenvalue weighted by molar-refractivity contribution is 1.86. The lowest BCUT2D eigenvalue weighted by Crippen LogP contribution is -2.36. The van der Waals surface area contributed by atoms with E-state index in [0.29, 0.717) is 0 Å². The minimum Gasteiger partial charge on any atom is -0.133 e. The van der Waals surface area contributed by atoms with Crippen LogP contribution < -0.4 is 4.50 Å². The van der Waals surface area contributed by atoms with Gasteiger partial charge in [0.05, 0.1) is 4.34 Å². The molecule has 1 aromatic heterocycles. The maximum Gasteiger partial charge on any atom is 0.116 e. The van der Waals surface area contributed by atoms with Gasteiger partial charge < -0.3 is 0 Å². The van der Waals surface area contributed by atoms with Crippen molar-refractivity contribution in [3.8, 4) is 0 Å². The van der Waals surface area contributed by atoms with Gasteiger partial charge in [-0.05, 0) is 10.6 Å². The van der Waals surface area contributed by atoms with Gasteiger partial charge >= 0.3 is 0 Å². The van der Waals surface area contributed by atoms with Crippen molar-refractivity contribution in [3.63, 3.8) is 0 Å². The quantitative estimate of drug-likeness (QED) is 0.647. The van der Waals surface area contributed by atoms with Crippen LogP contribution in [0.3, 0.4) is 0 Å². The normalized spacial score (nSPS) is 11.5. The summed E-state index contributed by atoms with van der Waals surface area (Å²) in [5.41, 5.74) is 2.08. The summed E-state index contributed by atoms with van der Waals surface area (Å²) in [4.78, 5) is 0. The number of rotatable bonds is 2. The molecule has 1 heterocycles. The van der Waals surface area contributed by atoms with E-state index in [1.165, 1.54) is 4.50 Å². The Morgan fingerprint density at radius 2 is 2.18 bits per heavy atom. The maximum absolute atomic E-state index is 5.83. The highest BCUT2D eigenvalue weighted by Gasteiger charge is 2.20. The molecule has 0 spiro atoms. The van der Waals surface area contributed by atoms with E-state index in [1.807, 2.05) is 6.07 Å². The van der Waals surface area contributed by atoms with E-state index in [9.17, 15) is 0 Å². The van der Waals surface area contributed by atoms with Crippen molar-refractivity contribution in [1.82, 2.24) is 0 Å². The molecular formula is C8H11ClSSi. The van der Waals surface area contributed by atoms with Crippen molar-refractivity contribution in [2.45, 2.75) is 13.1 Å². The Morgan fingerprint density at radius 3 is 2.55 bits per heavy atom. The summed E-state index contributed by atoms with van der Waals surface area (Å²) < 4.78 is 2.28. The number of hydrogen-bond acceptors (Lipinski definition) is 1. The van der Waals surface area contributed by atoms with Crippen LogP contribution in [-0.4, -0.2) is 8.07 Å². The Kier molecular flexibility index (Phi) is 2.57. The second kappa shape index (κ2) is 3.13. The monoisotopic (exact) mass is 202 g/mol. The van der Waals surface area contributed by atoms with Crippen LogP contribution in [0.2, 0.25) is 17.4 Å². The molecule has 0 aliphatic heterocycles. The Labute approximate surface area is 77.5 Å². The van der Waals surface area contributed by atoms with Crippen LogP contribution in [0.5, 0.6) is 0 Å². The summed E-state index contributed by atoms with van der Waals surface area (Å²) in [6.07, 6.45) is 0. The van der Waals surface area contributed by atoms with Gasteiger partial charge in [-0.2, -0.15) is 0 Å². The van der Waals surface area contributed by atoms with E-state index >= 15 is 0 Å². The van der Waals surface area contributed by atoms with E-state index in [4.69, 9.17) is 11.6 Å². The summed E-state index contributed by atoms with van der Waals surface area (Å²) in [6.45, 7) is 8.38. The molecule has 11 heavy (non-hydrogen) atoms. The molecule has 1 rings (SSSR count). The molecule has 0 saturated heterocycles. The minimum atomic E-state index is -1.33. The van der Waals surface area contributed by atoms with E-state index in [-0.39, 0.29) is 0 Å². The molecule has 0 nitrogen and oxygen atoms in total. The molecule has 0 unspecified atom stereocenters. The minimum absolute atomic E-state index is 0.877. The van der Waals surface area contributed by atoms with Gasteiger partial charge in [0.1, 0.15) is 8.07 Å². The fourth-order valence-electron chi connectivity index (χ4n) is 0.761. The van der Waals surface area contributed by atoms with Gasteiger partial charge in [0.15, 0.2) is 0 Å². The van der Waals surface area contributed by atoms with Crippen molar-refractivity contribution < 1.29 is 0 Å². The summed E-state index contributed by atoms with van der Waals surface area (Å²) in [5.74, 6) is 0. The summed E-state index contributed by atoms with van der Waals surface area (Å²) in [5, 5.41) is 0. The SMILES string of the molecule is C=C[Si](C)(C)c1ccc(Cl)s1. The zero-order valence-electron chi connectivity index (χ0n) is 6.73. The van der Waals surface area contributed by atoms with E-state index in [0.717, 1.165) is 4.34 Å². The molecule has 0 atom stereocenters. The Hall–Kier alpha value is -0.0531. The number of hydrogen-bond donors (Lipinski definition) is 0. The first kappa shape index (κ1) is 9.04. The van der Waals surface area contributed by atoms with Crippen LogP contribution in [0.4, 0.5) is 0 Å². The molecule has 60 valence electrons. The number of thiophene rings is 1. The molecule has 0 aliphatic carbocycles. The number of halogens is 1. The van der Waals surface area contributed by atoms with Gasteiger partial charge in [-0.25, -0.2) is 0 Å².